The van der Waals surface area contributed by atoms with E-state index < -0.39 is 5.97 Å². The van der Waals surface area contributed by atoms with Crippen LogP contribution in [0.4, 0.5) is 11.4 Å². The molecular weight excluding hydrogens is 318 g/mol. The summed E-state index contributed by atoms with van der Waals surface area (Å²) in [5.74, 6) is -0.850. The second-order valence-corrected chi connectivity index (χ2v) is 6.35. The van der Waals surface area contributed by atoms with Gasteiger partial charge < -0.3 is 19.9 Å². The van der Waals surface area contributed by atoms with Crippen LogP contribution in [0.5, 0.6) is 0 Å². The van der Waals surface area contributed by atoms with Gasteiger partial charge in [0.2, 0.25) is 0 Å². The molecule has 0 saturated carbocycles. The summed E-state index contributed by atoms with van der Waals surface area (Å²) < 4.78 is 4.89. The van der Waals surface area contributed by atoms with E-state index in [-0.39, 0.29) is 12.5 Å². The number of allylic oxidation sites excluding steroid dienone is 1. The van der Waals surface area contributed by atoms with Crippen molar-refractivity contribution in [2.24, 2.45) is 0 Å². The Morgan fingerprint density at radius 3 is 2.32 bits per heavy atom. The smallest absolute Gasteiger partial charge is 0.331 e. The van der Waals surface area contributed by atoms with E-state index in [1.165, 1.54) is 6.08 Å². The Bertz CT molecular complexity index is 613. The molecule has 25 heavy (non-hydrogen) atoms. The number of hydrogen-bond acceptors (Lipinski definition) is 5. The monoisotopic (exact) mass is 345 g/mol. The fourth-order valence-electron chi connectivity index (χ4n) is 2.69. The highest BCUT2D eigenvalue weighted by Crippen LogP contribution is 2.19. The highest BCUT2D eigenvalue weighted by Gasteiger charge is 2.15. The number of nitrogens with zero attached hydrogens (tertiary/aromatic N) is 2. The van der Waals surface area contributed by atoms with Crippen LogP contribution in [0.15, 0.2) is 35.9 Å². The molecule has 6 nitrogen and oxygen atoms in total. The number of amides is 1. The standard InChI is InChI=1S/C19H27N3O3/c1-4-21-9-11-22(12-10-21)17-7-5-16(6-8-17)20-18(23)14-25-19(24)13-15(2)3/h5-8,13H,4,9-12,14H2,1-3H3,(H,20,23). The summed E-state index contributed by atoms with van der Waals surface area (Å²) in [6, 6.07) is 7.76. The van der Waals surface area contributed by atoms with E-state index in [1.54, 1.807) is 13.8 Å². The minimum atomic E-state index is -0.503. The summed E-state index contributed by atoms with van der Waals surface area (Å²) in [6.45, 7) is 10.8. The molecule has 0 aromatic heterocycles. The average molecular weight is 345 g/mol. The number of likely N-dealkylation sites (N-methyl/N-ethyl adjacent to an activating group) is 1. The molecule has 1 amide bonds. The van der Waals surface area contributed by atoms with Gasteiger partial charge in [0.1, 0.15) is 0 Å². The van der Waals surface area contributed by atoms with E-state index in [0.29, 0.717) is 5.69 Å². The van der Waals surface area contributed by atoms with Crippen LogP contribution >= 0.6 is 0 Å². The molecule has 6 heteroatoms. The minimum absolute atomic E-state index is 0.288. The van der Waals surface area contributed by atoms with Gasteiger partial charge in [0.05, 0.1) is 0 Å². The summed E-state index contributed by atoms with van der Waals surface area (Å²) in [6.07, 6.45) is 1.36. The number of esters is 1. The number of anilines is 2. The summed E-state index contributed by atoms with van der Waals surface area (Å²) in [5, 5.41) is 2.73. The molecule has 136 valence electrons. The molecule has 2 rings (SSSR count). The minimum Gasteiger partial charge on any atom is -0.452 e. The number of rotatable bonds is 6. The van der Waals surface area contributed by atoms with E-state index in [0.717, 1.165) is 44.0 Å². The second-order valence-electron chi connectivity index (χ2n) is 6.35. The number of nitrogens with one attached hydrogen (secondary N) is 1. The third-order valence-corrected chi connectivity index (χ3v) is 4.09. The van der Waals surface area contributed by atoms with Gasteiger partial charge >= 0.3 is 5.97 Å². The first kappa shape index (κ1) is 19.0. The van der Waals surface area contributed by atoms with Gasteiger partial charge in [0.25, 0.3) is 5.91 Å². The molecule has 1 aliphatic heterocycles. The van der Waals surface area contributed by atoms with E-state index >= 15 is 0 Å². The Morgan fingerprint density at radius 2 is 1.76 bits per heavy atom. The molecule has 1 aliphatic rings. The maximum absolute atomic E-state index is 11.8. The van der Waals surface area contributed by atoms with Crippen LogP contribution in [0.1, 0.15) is 20.8 Å². The fraction of sp³-hybridized carbons (Fsp3) is 0.474. The average Bonchev–Trinajstić information content (AvgIpc) is 2.60. The van der Waals surface area contributed by atoms with Crippen LogP contribution in [-0.2, 0) is 14.3 Å². The second kappa shape index (κ2) is 9.22. The summed E-state index contributed by atoms with van der Waals surface area (Å²) >= 11 is 0. The SMILES string of the molecule is CCN1CCN(c2ccc(NC(=O)COC(=O)C=C(C)C)cc2)CC1. The molecule has 1 saturated heterocycles. The van der Waals surface area contributed by atoms with E-state index in [9.17, 15) is 9.59 Å². The lowest BCUT2D eigenvalue weighted by atomic mass is 10.2. The largest absolute Gasteiger partial charge is 0.452 e. The van der Waals surface area contributed by atoms with Crippen LogP contribution in [-0.4, -0.2) is 56.1 Å². The molecule has 1 heterocycles. The molecule has 1 fully saturated rings. The number of carbonyl (C=O) groups is 2. The quantitative estimate of drug-likeness (QED) is 0.633. The van der Waals surface area contributed by atoms with Crippen molar-refractivity contribution in [2.75, 3.05) is 49.5 Å². The van der Waals surface area contributed by atoms with E-state index in [2.05, 4.69) is 22.0 Å². The van der Waals surface area contributed by atoms with Gasteiger partial charge in [-0.05, 0) is 44.7 Å². The zero-order valence-corrected chi connectivity index (χ0v) is 15.2. The molecule has 1 aromatic carbocycles. The highest BCUT2D eigenvalue weighted by atomic mass is 16.5. The van der Waals surface area contributed by atoms with Gasteiger partial charge in [-0.25, -0.2) is 4.79 Å². The van der Waals surface area contributed by atoms with Crippen molar-refractivity contribution >= 4 is 23.3 Å². The number of piperazine rings is 1. The van der Waals surface area contributed by atoms with Crippen molar-refractivity contribution in [1.29, 1.82) is 0 Å². The molecular formula is C19H27N3O3. The lowest BCUT2D eigenvalue weighted by molar-refractivity contribution is -0.142. The van der Waals surface area contributed by atoms with E-state index in [1.807, 2.05) is 24.3 Å². The van der Waals surface area contributed by atoms with Crippen LogP contribution in [0, 0.1) is 0 Å². The highest BCUT2D eigenvalue weighted by molar-refractivity contribution is 5.94. The van der Waals surface area contributed by atoms with Gasteiger partial charge in [-0.2, -0.15) is 0 Å². The van der Waals surface area contributed by atoms with Gasteiger partial charge in [0.15, 0.2) is 6.61 Å². The molecule has 0 unspecified atom stereocenters. The topological polar surface area (TPSA) is 61.9 Å². The van der Waals surface area contributed by atoms with Crippen LogP contribution in [0.2, 0.25) is 0 Å². The van der Waals surface area contributed by atoms with Crippen molar-refractivity contribution in [1.82, 2.24) is 4.90 Å². The van der Waals surface area contributed by atoms with Crippen LogP contribution < -0.4 is 10.2 Å². The zero-order chi connectivity index (χ0) is 18.2. The van der Waals surface area contributed by atoms with Crippen molar-refractivity contribution in [3.8, 4) is 0 Å². The fourth-order valence-corrected chi connectivity index (χ4v) is 2.69. The molecule has 1 N–H and O–H groups in total. The number of benzene rings is 1. The molecule has 0 atom stereocenters. The first-order chi connectivity index (χ1) is 12.0. The predicted octanol–water partition coefficient (Wildman–Crippen LogP) is 2.28. The first-order valence-corrected chi connectivity index (χ1v) is 8.67. The Kier molecular flexibility index (Phi) is 7.01. The number of hydrogen-bond donors (Lipinski definition) is 1. The Labute approximate surface area is 149 Å². The maximum Gasteiger partial charge on any atom is 0.331 e. The third-order valence-electron chi connectivity index (χ3n) is 4.09. The first-order valence-electron chi connectivity index (χ1n) is 8.67. The van der Waals surface area contributed by atoms with E-state index in [4.69, 9.17) is 4.74 Å². The lowest BCUT2D eigenvalue weighted by Crippen LogP contribution is -2.46. The van der Waals surface area contributed by atoms with Crippen LogP contribution in [0.3, 0.4) is 0 Å². The van der Waals surface area contributed by atoms with Crippen molar-refractivity contribution in [3.63, 3.8) is 0 Å². The van der Waals surface area contributed by atoms with Crippen molar-refractivity contribution < 1.29 is 14.3 Å². The molecule has 0 bridgehead atoms. The zero-order valence-electron chi connectivity index (χ0n) is 15.2. The Balaban J connectivity index is 1.81. The molecule has 0 radical (unpaired) electrons. The molecule has 1 aromatic rings. The molecule has 0 aliphatic carbocycles. The summed E-state index contributed by atoms with van der Waals surface area (Å²) in [7, 11) is 0. The van der Waals surface area contributed by atoms with Crippen molar-refractivity contribution in [3.05, 3.63) is 35.9 Å². The third kappa shape index (κ3) is 6.23. The van der Waals surface area contributed by atoms with Gasteiger partial charge in [-0.1, -0.05) is 12.5 Å². The maximum atomic E-state index is 11.8. The number of ether oxygens (including phenoxy) is 1. The summed E-state index contributed by atoms with van der Waals surface area (Å²) in [5.41, 5.74) is 2.68. The van der Waals surface area contributed by atoms with Gasteiger partial charge in [0, 0.05) is 43.6 Å². The molecule has 0 spiro atoms. The summed E-state index contributed by atoms with van der Waals surface area (Å²) in [4.78, 5) is 28.0. The Morgan fingerprint density at radius 1 is 1.12 bits per heavy atom. The number of carbonyl (C=O) groups excluding carboxylic acids is 2. The lowest BCUT2D eigenvalue weighted by Gasteiger charge is -2.35. The van der Waals surface area contributed by atoms with Gasteiger partial charge in [-0.15, -0.1) is 0 Å². The van der Waals surface area contributed by atoms with Gasteiger partial charge in [-0.3, -0.25) is 4.79 Å². The Hall–Kier alpha value is -2.34. The normalized spacial score (nSPS) is 14.8. The predicted molar refractivity (Wildman–Crippen MR) is 99.8 cm³/mol. The van der Waals surface area contributed by atoms with Crippen molar-refractivity contribution in [2.45, 2.75) is 20.8 Å². The van der Waals surface area contributed by atoms with Crippen LogP contribution in [0.25, 0.3) is 0 Å².